The third-order valence-corrected chi connectivity index (χ3v) is 4.66. The Hall–Kier alpha value is -1.96. The van der Waals surface area contributed by atoms with Gasteiger partial charge >= 0.3 is 0 Å². The molecule has 0 amide bonds. The summed E-state index contributed by atoms with van der Waals surface area (Å²) >= 11 is 0. The Bertz CT molecular complexity index is 764. The number of rotatable bonds is 6. The maximum atomic E-state index is 6.25. The molecule has 0 N–H and O–H groups in total. The summed E-state index contributed by atoms with van der Waals surface area (Å²) in [5.74, 6) is 1.66. The number of benzene rings is 1. The molecule has 2 nitrogen and oxygen atoms in total. The fourth-order valence-corrected chi connectivity index (χ4v) is 3.60. The Labute approximate surface area is 145 Å². The van der Waals surface area contributed by atoms with Crippen LogP contribution in [0.25, 0.3) is 10.9 Å². The standard InChI is InChI=1S/C22H29NO/c1-16(2)13-18(4)24-22-12-8-11-21-20(22)14-17(3)23(21)15-19-9-6-5-7-10-19/h6,8-12,14,16,18H,5,7,13,15H2,1-4H3. The maximum Gasteiger partial charge on any atom is 0.129 e. The number of hydrogen-bond donors (Lipinski definition) is 0. The van der Waals surface area contributed by atoms with Gasteiger partial charge in [0.15, 0.2) is 0 Å². The number of aryl methyl sites for hydroxylation is 1. The van der Waals surface area contributed by atoms with Crippen LogP contribution in [0.2, 0.25) is 0 Å². The Balaban J connectivity index is 1.89. The van der Waals surface area contributed by atoms with Gasteiger partial charge in [-0.15, -0.1) is 0 Å². The molecule has 1 aliphatic rings. The van der Waals surface area contributed by atoms with Crippen molar-refractivity contribution >= 4 is 10.9 Å². The van der Waals surface area contributed by atoms with Crippen LogP contribution in [0.1, 0.15) is 45.7 Å². The van der Waals surface area contributed by atoms with Gasteiger partial charge in [-0.2, -0.15) is 0 Å². The van der Waals surface area contributed by atoms with Gasteiger partial charge < -0.3 is 9.30 Å². The Morgan fingerprint density at radius 1 is 1.17 bits per heavy atom. The van der Waals surface area contributed by atoms with E-state index in [1.165, 1.54) is 28.6 Å². The molecule has 1 aromatic carbocycles. The fourth-order valence-electron chi connectivity index (χ4n) is 3.60. The van der Waals surface area contributed by atoms with Crippen molar-refractivity contribution in [3.05, 3.63) is 53.8 Å². The van der Waals surface area contributed by atoms with Gasteiger partial charge in [0.25, 0.3) is 0 Å². The van der Waals surface area contributed by atoms with Crippen LogP contribution >= 0.6 is 0 Å². The van der Waals surface area contributed by atoms with Gasteiger partial charge in [-0.25, -0.2) is 0 Å². The van der Waals surface area contributed by atoms with E-state index in [1.54, 1.807) is 0 Å². The van der Waals surface area contributed by atoms with E-state index in [1.807, 2.05) is 0 Å². The first-order valence-electron chi connectivity index (χ1n) is 9.15. The lowest BCUT2D eigenvalue weighted by atomic mass is 10.1. The van der Waals surface area contributed by atoms with Crippen LogP contribution in [0, 0.1) is 12.8 Å². The summed E-state index contributed by atoms with van der Waals surface area (Å²) in [6, 6.07) is 8.68. The summed E-state index contributed by atoms with van der Waals surface area (Å²) < 4.78 is 8.65. The molecule has 2 heteroatoms. The highest BCUT2D eigenvalue weighted by atomic mass is 16.5. The highest BCUT2D eigenvalue weighted by Crippen LogP contribution is 2.31. The summed E-state index contributed by atoms with van der Waals surface area (Å²) in [5, 5.41) is 1.23. The first-order chi connectivity index (χ1) is 11.5. The molecule has 0 saturated heterocycles. The monoisotopic (exact) mass is 323 g/mol. The number of allylic oxidation sites excluding steroid dienone is 4. The third kappa shape index (κ3) is 3.75. The van der Waals surface area contributed by atoms with E-state index in [2.05, 4.69) is 74.8 Å². The zero-order valence-corrected chi connectivity index (χ0v) is 15.4. The zero-order valence-electron chi connectivity index (χ0n) is 15.4. The van der Waals surface area contributed by atoms with Crippen LogP contribution in [0.3, 0.4) is 0 Å². The summed E-state index contributed by atoms with van der Waals surface area (Å²) in [7, 11) is 0. The van der Waals surface area contributed by atoms with Crippen molar-refractivity contribution in [3.8, 4) is 5.75 Å². The molecule has 0 fully saturated rings. The van der Waals surface area contributed by atoms with Gasteiger partial charge in [0.05, 0.1) is 11.6 Å². The first-order valence-corrected chi connectivity index (χ1v) is 9.15. The molecule has 0 bridgehead atoms. The number of hydrogen-bond acceptors (Lipinski definition) is 1. The molecule has 1 aromatic heterocycles. The van der Waals surface area contributed by atoms with Crippen LogP contribution in [-0.2, 0) is 6.54 Å². The molecular weight excluding hydrogens is 294 g/mol. The van der Waals surface area contributed by atoms with Crippen molar-refractivity contribution in [1.82, 2.24) is 4.57 Å². The Kier molecular flexibility index (Phi) is 5.13. The Morgan fingerprint density at radius 3 is 2.71 bits per heavy atom. The highest BCUT2D eigenvalue weighted by molar-refractivity contribution is 5.87. The van der Waals surface area contributed by atoms with Gasteiger partial charge in [-0.05, 0) is 62.8 Å². The molecule has 2 aromatic rings. The van der Waals surface area contributed by atoms with Crippen molar-refractivity contribution in [3.63, 3.8) is 0 Å². The molecular formula is C22H29NO. The molecule has 0 saturated carbocycles. The van der Waals surface area contributed by atoms with Crippen LogP contribution in [0.4, 0.5) is 0 Å². The smallest absolute Gasteiger partial charge is 0.129 e. The van der Waals surface area contributed by atoms with Crippen molar-refractivity contribution in [2.45, 2.75) is 59.6 Å². The lowest BCUT2D eigenvalue weighted by Crippen LogP contribution is -2.14. The number of nitrogens with zero attached hydrogens (tertiary/aromatic N) is 1. The van der Waals surface area contributed by atoms with Gasteiger partial charge in [0.2, 0.25) is 0 Å². The number of aromatic nitrogens is 1. The molecule has 1 heterocycles. The van der Waals surface area contributed by atoms with E-state index in [0.29, 0.717) is 5.92 Å². The highest BCUT2D eigenvalue weighted by Gasteiger charge is 2.14. The van der Waals surface area contributed by atoms with E-state index < -0.39 is 0 Å². The van der Waals surface area contributed by atoms with Crippen LogP contribution < -0.4 is 4.74 Å². The van der Waals surface area contributed by atoms with E-state index in [-0.39, 0.29) is 6.10 Å². The van der Waals surface area contributed by atoms with E-state index in [0.717, 1.165) is 25.1 Å². The number of ether oxygens (including phenoxy) is 1. The molecule has 1 unspecified atom stereocenters. The first kappa shape index (κ1) is 16.9. The van der Waals surface area contributed by atoms with Crippen molar-refractivity contribution in [1.29, 1.82) is 0 Å². The van der Waals surface area contributed by atoms with Crippen LogP contribution in [-0.4, -0.2) is 10.7 Å². The minimum Gasteiger partial charge on any atom is -0.490 e. The van der Waals surface area contributed by atoms with E-state index >= 15 is 0 Å². The molecule has 24 heavy (non-hydrogen) atoms. The number of fused-ring (bicyclic) bond motifs is 1. The maximum absolute atomic E-state index is 6.25. The minimum atomic E-state index is 0.239. The predicted molar refractivity (Wildman–Crippen MR) is 103 cm³/mol. The SMILES string of the molecule is Cc1cc2c(OC(C)CC(C)C)cccc2n1CC1=CCCC=C1. The molecule has 0 spiro atoms. The van der Waals surface area contributed by atoms with Crippen LogP contribution in [0.15, 0.2) is 48.1 Å². The van der Waals surface area contributed by atoms with E-state index in [4.69, 9.17) is 4.74 Å². The molecule has 1 atom stereocenters. The van der Waals surface area contributed by atoms with Gasteiger partial charge in [0.1, 0.15) is 5.75 Å². The molecule has 128 valence electrons. The summed E-state index contributed by atoms with van der Waals surface area (Å²) in [6.45, 7) is 9.78. The summed E-state index contributed by atoms with van der Waals surface area (Å²) in [4.78, 5) is 0. The normalized spacial score (nSPS) is 15.8. The lowest BCUT2D eigenvalue weighted by molar-refractivity contribution is 0.195. The Morgan fingerprint density at radius 2 is 2.00 bits per heavy atom. The van der Waals surface area contributed by atoms with Crippen molar-refractivity contribution in [2.24, 2.45) is 5.92 Å². The van der Waals surface area contributed by atoms with Crippen molar-refractivity contribution < 1.29 is 4.74 Å². The van der Waals surface area contributed by atoms with Crippen molar-refractivity contribution in [2.75, 3.05) is 0 Å². The second-order valence-corrected chi connectivity index (χ2v) is 7.38. The quantitative estimate of drug-likeness (QED) is 0.632. The van der Waals surface area contributed by atoms with Gasteiger partial charge in [0, 0.05) is 17.6 Å². The van der Waals surface area contributed by atoms with Crippen LogP contribution in [0.5, 0.6) is 5.75 Å². The minimum absolute atomic E-state index is 0.239. The second kappa shape index (κ2) is 7.29. The molecule has 3 rings (SSSR count). The summed E-state index contributed by atoms with van der Waals surface area (Å²) in [5.41, 5.74) is 3.96. The fraction of sp³-hybridized carbons (Fsp3) is 0.455. The lowest BCUT2D eigenvalue weighted by Gasteiger charge is -2.17. The van der Waals surface area contributed by atoms with E-state index in [9.17, 15) is 0 Å². The third-order valence-electron chi connectivity index (χ3n) is 4.66. The summed E-state index contributed by atoms with van der Waals surface area (Å²) in [6.07, 6.45) is 10.5. The second-order valence-electron chi connectivity index (χ2n) is 7.38. The molecule has 0 radical (unpaired) electrons. The average molecular weight is 323 g/mol. The largest absolute Gasteiger partial charge is 0.490 e. The average Bonchev–Trinajstić information content (AvgIpc) is 2.85. The predicted octanol–water partition coefficient (Wildman–Crippen LogP) is 6.04. The van der Waals surface area contributed by atoms with Gasteiger partial charge in [-0.1, -0.05) is 38.1 Å². The topological polar surface area (TPSA) is 14.2 Å². The zero-order chi connectivity index (χ0) is 17.1. The van der Waals surface area contributed by atoms with Gasteiger partial charge in [-0.3, -0.25) is 0 Å². The molecule has 0 aliphatic heterocycles. The molecule has 1 aliphatic carbocycles.